The maximum Gasteiger partial charge on any atom is 0.331 e. The minimum Gasteiger partial charge on any atom is -0.452 e. The summed E-state index contributed by atoms with van der Waals surface area (Å²) >= 11 is 0. The predicted molar refractivity (Wildman–Crippen MR) is 49.0 cm³/mol. The van der Waals surface area contributed by atoms with Crippen molar-refractivity contribution in [3.8, 4) is 0 Å². The molecule has 0 aromatic heterocycles. The fourth-order valence-electron chi connectivity index (χ4n) is 0.968. The maximum atomic E-state index is 10.8. The third-order valence-electron chi connectivity index (χ3n) is 1.62. The monoisotopic (exact) mass is 180 g/mol. The van der Waals surface area contributed by atoms with Crippen molar-refractivity contribution in [2.45, 2.75) is 19.1 Å². The van der Waals surface area contributed by atoms with Gasteiger partial charge in [0.2, 0.25) is 0 Å². The first-order chi connectivity index (χ1) is 6.24. The Kier molecular flexibility index (Phi) is 3.46. The molecule has 0 saturated heterocycles. The summed E-state index contributed by atoms with van der Waals surface area (Å²) in [6.45, 7) is 1.88. The number of esters is 1. The minimum atomic E-state index is -0.737. The Morgan fingerprint density at radius 1 is 1.54 bits per heavy atom. The van der Waals surface area contributed by atoms with E-state index in [9.17, 15) is 9.90 Å². The molecule has 0 amide bonds. The van der Waals surface area contributed by atoms with E-state index in [1.54, 1.807) is 18.2 Å². The number of carbonyl (C=O) groups is 1. The highest BCUT2D eigenvalue weighted by molar-refractivity contribution is 5.83. The maximum absolute atomic E-state index is 10.8. The van der Waals surface area contributed by atoms with Gasteiger partial charge < -0.3 is 9.84 Å². The predicted octanol–water partition coefficient (Wildman–Crippen LogP) is 0.961. The highest BCUT2D eigenvalue weighted by Gasteiger charge is 2.21. The van der Waals surface area contributed by atoms with Crippen LogP contribution in [0.2, 0.25) is 0 Å². The molecule has 0 aromatic rings. The van der Waals surface area contributed by atoms with E-state index >= 15 is 0 Å². The second kappa shape index (κ2) is 4.62. The lowest BCUT2D eigenvalue weighted by atomic mass is 10.1. The highest BCUT2D eigenvalue weighted by atomic mass is 16.6. The van der Waals surface area contributed by atoms with E-state index in [-0.39, 0.29) is 0 Å². The van der Waals surface area contributed by atoms with Gasteiger partial charge in [-0.2, -0.15) is 0 Å². The molecule has 70 valence electrons. The van der Waals surface area contributed by atoms with Gasteiger partial charge >= 0.3 is 5.97 Å². The molecule has 0 spiro atoms. The molecule has 0 saturated carbocycles. The van der Waals surface area contributed by atoms with E-state index in [4.69, 9.17) is 4.74 Å². The minimum absolute atomic E-state index is 0.416. The SMILES string of the molecule is C/C=C/C=C/[C@@H]1OC(=O)C=C[C@@H]1O. The number of aliphatic hydroxyl groups is 1. The van der Waals surface area contributed by atoms with Crippen molar-refractivity contribution < 1.29 is 14.6 Å². The van der Waals surface area contributed by atoms with Gasteiger partial charge in [0.05, 0.1) is 0 Å². The average molecular weight is 180 g/mol. The van der Waals surface area contributed by atoms with Crippen molar-refractivity contribution in [2.24, 2.45) is 0 Å². The molecule has 1 N–H and O–H groups in total. The Bertz CT molecular complexity index is 263. The molecule has 1 aliphatic rings. The lowest BCUT2D eigenvalue weighted by Crippen LogP contribution is -2.31. The number of cyclic esters (lactones) is 1. The fraction of sp³-hybridized carbons (Fsp3) is 0.300. The number of carbonyl (C=O) groups excluding carboxylic acids is 1. The summed E-state index contributed by atoms with van der Waals surface area (Å²) in [7, 11) is 0. The molecule has 3 nitrogen and oxygen atoms in total. The zero-order valence-electron chi connectivity index (χ0n) is 7.38. The van der Waals surface area contributed by atoms with Crippen LogP contribution in [0.3, 0.4) is 0 Å². The number of rotatable bonds is 2. The number of ether oxygens (including phenoxy) is 1. The third-order valence-corrected chi connectivity index (χ3v) is 1.62. The third kappa shape index (κ3) is 2.87. The molecule has 0 unspecified atom stereocenters. The summed E-state index contributed by atoms with van der Waals surface area (Å²) in [5, 5.41) is 9.35. The summed E-state index contributed by atoms with van der Waals surface area (Å²) in [6.07, 6.45) is 8.39. The lowest BCUT2D eigenvalue weighted by Gasteiger charge is -2.20. The van der Waals surface area contributed by atoms with Gasteiger partial charge in [-0.05, 0) is 19.1 Å². The molecule has 0 radical (unpaired) electrons. The number of aliphatic hydroxyl groups excluding tert-OH is 1. The molecule has 0 aromatic carbocycles. The van der Waals surface area contributed by atoms with E-state index in [1.807, 2.05) is 13.0 Å². The molecule has 1 heterocycles. The zero-order valence-corrected chi connectivity index (χ0v) is 7.38. The number of hydrogen-bond donors (Lipinski definition) is 1. The standard InChI is InChI=1S/C10H12O3/c1-2-3-4-5-9-8(11)6-7-10(12)13-9/h2-9,11H,1H3/b3-2+,5-4+/t8-,9-/m0/s1. The summed E-state index contributed by atoms with van der Waals surface area (Å²) in [5.74, 6) is -0.416. The summed E-state index contributed by atoms with van der Waals surface area (Å²) < 4.78 is 4.85. The van der Waals surface area contributed by atoms with E-state index in [1.165, 1.54) is 12.2 Å². The molecule has 3 heteroatoms. The van der Waals surface area contributed by atoms with Gasteiger partial charge in [-0.25, -0.2) is 4.79 Å². The van der Waals surface area contributed by atoms with Crippen molar-refractivity contribution in [2.75, 3.05) is 0 Å². The fourth-order valence-corrected chi connectivity index (χ4v) is 0.968. The summed E-state index contributed by atoms with van der Waals surface area (Å²) in [5.41, 5.74) is 0. The average Bonchev–Trinajstić information content (AvgIpc) is 2.11. The van der Waals surface area contributed by atoms with Gasteiger partial charge in [-0.1, -0.05) is 18.2 Å². The number of allylic oxidation sites excluding steroid dienone is 3. The van der Waals surface area contributed by atoms with Gasteiger partial charge in [-0.3, -0.25) is 0 Å². The van der Waals surface area contributed by atoms with Gasteiger partial charge in [0.25, 0.3) is 0 Å². The smallest absolute Gasteiger partial charge is 0.331 e. The molecule has 1 rings (SSSR count). The Morgan fingerprint density at radius 3 is 3.00 bits per heavy atom. The molecule has 1 aliphatic heterocycles. The van der Waals surface area contributed by atoms with Crippen LogP contribution in [0.25, 0.3) is 0 Å². The van der Waals surface area contributed by atoms with Crippen LogP contribution in [0.5, 0.6) is 0 Å². The largest absolute Gasteiger partial charge is 0.452 e. The van der Waals surface area contributed by atoms with Crippen LogP contribution in [0.1, 0.15) is 6.92 Å². The summed E-state index contributed by atoms with van der Waals surface area (Å²) in [6, 6.07) is 0. The van der Waals surface area contributed by atoms with Gasteiger partial charge in [0.15, 0.2) is 0 Å². The summed E-state index contributed by atoms with van der Waals surface area (Å²) in [4.78, 5) is 10.8. The first-order valence-electron chi connectivity index (χ1n) is 4.10. The zero-order chi connectivity index (χ0) is 9.68. The van der Waals surface area contributed by atoms with Crippen LogP contribution >= 0.6 is 0 Å². The Hall–Kier alpha value is -1.35. The second-order valence-electron chi connectivity index (χ2n) is 2.66. The molecule has 2 atom stereocenters. The Balaban J connectivity index is 2.59. The Labute approximate surface area is 77.0 Å². The van der Waals surface area contributed by atoms with Crippen LogP contribution in [0.4, 0.5) is 0 Å². The lowest BCUT2D eigenvalue weighted by molar-refractivity contribution is -0.146. The van der Waals surface area contributed by atoms with E-state index in [0.29, 0.717) is 0 Å². The molecular weight excluding hydrogens is 168 g/mol. The normalized spacial score (nSPS) is 28.6. The number of hydrogen-bond acceptors (Lipinski definition) is 3. The first-order valence-corrected chi connectivity index (χ1v) is 4.10. The van der Waals surface area contributed by atoms with Crippen LogP contribution in [0.15, 0.2) is 36.5 Å². The van der Waals surface area contributed by atoms with Crippen molar-refractivity contribution in [1.29, 1.82) is 0 Å². The van der Waals surface area contributed by atoms with Crippen molar-refractivity contribution in [3.05, 3.63) is 36.5 Å². The van der Waals surface area contributed by atoms with Crippen LogP contribution in [-0.2, 0) is 9.53 Å². The van der Waals surface area contributed by atoms with Crippen molar-refractivity contribution >= 4 is 5.97 Å². The van der Waals surface area contributed by atoms with E-state index < -0.39 is 18.2 Å². The molecule has 0 fully saturated rings. The van der Waals surface area contributed by atoms with Gasteiger partial charge in [0, 0.05) is 6.08 Å². The molecule has 0 bridgehead atoms. The Morgan fingerprint density at radius 2 is 2.31 bits per heavy atom. The molecule has 0 aliphatic carbocycles. The van der Waals surface area contributed by atoms with Gasteiger partial charge in [0.1, 0.15) is 12.2 Å². The van der Waals surface area contributed by atoms with Crippen LogP contribution in [0, 0.1) is 0 Å². The molecular formula is C10H12O3. The highest BCUT2D eigenvalue weighted by Crippen LogP contribution is 2.09. The second-order valence-corrected chi connectivity index (χ2v) is 2.66. The molecule has 13 heavy (non-hydrogen) atoms. The van der Waals surface area contributed by atoms with E-state index in [2.05, 4.69) is 0 Å². The van der Waals surface area contributed by atoms with Crippen LogP contribution in [-0.4, -0.2) is 23.3 Å². The van der Waals surface area contributed by atoms with E-state index in [0.717, 1.165) is 0 Å². The first kappa shape index (κ1) is 9.74. The topological polar surface area (TPSA) is 46.5 Å². The quantitative estimate of drug-likeness (QED) is 0.508. The van der Waals surface area contributed by atoms with Crippen molar-refractivity contribution in [1.82, 2.24) is 0 Å². The van der Waals surface area contributed by atoms with Gasteiger partial charge in [-0.15, -0.1) is 0 Å². The van der Waals surface area contributed by atoms with Crippen LogP contribution < -0.4 is 0 Å². The van der Waals surface area contributed by atoms with Crippen molar-refractivity contribution in [3.63, 3.8) is 0 Å².